The number of carbonyl (C=O) groups is 2. The van der Waals surface area contributed by atoms with Gasteiger partial charge >= 0.3 is 0 Å². The van der Waals surface area contributed by atoms with E-state index in [1.807, 2.05) is 30.3 Å². The lowest BCUT2D eigenvalue weighted by Crippen LogP contribution is -2.28. The summed E-state index contributed by atoms with van der Waals surface area (Å²) < 4.78 is 0. The van der Waals surface area contributed by atoms with Crippen molar-refractivity contribution >= 4 is 23.2 Å². The second kappa shape index (κ2) is 7.35. The van der Waals surface area contributed by atoms with Gasteiger partial charge in [-0.2, -0.15) is 0 Å². The summed E-state index contributed by atoms with van der Waals surface area (Å²) in [5.41, 5.74) is 2.06. The predicted octanol–water partition coefficient (Wildman–Crippen LogP) is 2.89. The second-order valence-corrected chi connectivity index (χ2v) is 6.41. The number of non-ortho nitro benzene ring substituents is 1. The smallest absolute Gasteiger partial charge is 0.271 e. The van der Waals surface area contributed by atoms with Crippen LogP contribution in [0.3, 0.4) is 0 Å². The van der Waals surface area contributed by atoms with E-state index in [9.17, 15) is 19.7 Å². The lowest BCUT2D eigenvalue weighted by atomic mass is 10.1. The number of nitro groups is 1. The van der Waals surface area contributed by atoms with Gasteiger partial charge in [0.2, 0.25) is 11.8 Å². The Labute approximate surface area is 150 Å². The summed E-state index contributed by atoms with van der Waals surface area (Å²) in [5, 5.41) is 13.6. The standard InChI is InChI=1S/C19H19N3O4/c1-13-7-8-16(22(25)26)10-17(13)20-19(24)15-9-18(23)21(12-15)11-14-5-3-2-4-6-14/h2-8,10,15H,9,11-12H2,1H3,(H,20,24)/t15-/m1/s1. The minimum absolute atomic E-state index is 0.0650. The van der Waals surface area contributed by atoms with E-state index in [4.69, 9.17) is 0 Å². The summed E-state index contributed by atoms with van der Waals surface area (Å²) in [6, 6.07) is 13.9. The van der Waals surface area contributed by atoms with Crippen molar-refractivity contribution in [2.45, 2.75) is 19.9 Å². The number of nitrogens with zero attached hydrogens (tertiary/aromatic N) is 2. The number of hydrogen-bond acceptors (Lipinski definition) is 4. The molecule has 3 rings (SSSR count). The van der Waals surface area contributed by atoms with Crippen molar-refractivity contribution in [3.63, 3.8) is 0 Å². The van der Waals surface area contributed by atoms with Gasteiger partial charge in [-0.05, 0) is 18.1 Å². The van der Waals surface area contributed by atoms with Crippen LogP contribution in [0.1, 0.15) is 17.5 Å². The van der Waals surface area contributed by atoms with E-state index in [0.717, 1.165) is 11.1 Å². The van der Waals surface area contributed by atoms with Crippen molar-refractivity contribution in [3.05, 3.63) is 69.8 Å². The highest BCUT2D eigenvalue weighted by atomic mass is 16.6. The number of nitro benzene ring substituents is 1. The number of nitrogens with one attached hydrogen (secondary N) is 1. The Morgan fingerprint density at radius 3 is 2.69 bits per heavy atom. The van der Waals surface area contributed by atoms with Gasteiger partial charge in [0.15, 0.2) is 0 Å². The summed E-state index contributed by atoms with van der Waals surface area (Å²) in [4.78, 5) is 36.8. The molecule has 1 fully saturated rings. The molecule has 0 radical (unpaired) electrons. The molecule has 7 heteroatoms. The molecule has 0 unspecified atom stereocenters. The summed E-state index contributed by atoms with van der Waals surface area (Å²) in [6.07, 6.45) is 0.145. The summed E-state index contributed by atoms with van der Waals surface area (Å²) in [7, 11) is 0. The van der Waals surface area contributed by atoms with Crippen LogP contribution in [0.25, 0.3) is 0 Å². The molecule has 1 saturated heterocycles. The molecule has 2 aromatic rings. The number of anilines is 1. The monoisotopic (exact) mass is 353 g/mol. The van der Waals surface area contributed by atoms with Crippen molar-refractivity contribution in [1.82, 2.24) is 4.90 Å². The molecule has 0 spiro atoms. The highest BCUT2D eigenvalue weighted by Gasteiger charge is 2.34. The van der Waals surface area contributed by atoms with Crippen molar-refractivity contribution in [2.75, 3.05) is 11.9 Å². The predicted molar refractivity (Wildman–Crippen MR) is 96.4 cm³/mol. The van der Waals surface area contributed by atoms with Crippen LogP contribution in [0.15, 0.2) is 48.5 Å². The van der Waals surface area contributed by atoms with Crippen molar-refractivity contribution in [3.8, 4) is 0 Å². The Morgan fingerprint density at radius 2 is 2.00 bits per heavy atom. The zero-order chi connectivity index (χ0) is 18.7. The van der Waals surface area contributed by atoms with Crippen LogP contribution in [-0.2, 0) is 16.1 Å². The lowest BCUT2D eigenvalue weighted by molar-refractivity contribution is -0.384. The average Bonchev–Trinajstić information content (AvgIpc) is 2.98. The normalized spacial score (nSPS) is 16.6. The minimum Gasteiger partial charge on any atom is -0.338 e. The molecule has 1 heterocycles. The fourth-order valence-corrected chi connectivity index (χ4v) is 3.00. The molecule has 0 bridgehead atoms. The van der Waals surface area contributed by atoms with Gasteiger partial charge in [-0.1, -0.05) is 36.4 Å². The Morgan fingerprint density at radius 1 is 1.27 bits per heavy atom. The number of rotatable bonds is 5. The Balaban J connectivity index is 1.67. The van der Waals surface area contributed by atoms with Gasteiger partial charge in [0.25, 0.3) is 5.69 Å². The van der Waals surface area contributed by atoms with Crippen LogP contribution in [0.2, 0.25) is 0 Å². The fourth-order valence-electron chi connectivity index (χ4n) is 3.00. The van der Waals surface area contributed by atoms with Gasteiger partial charge in [0.1, 0.15) is 0 Å². The van der Waals surface area contributed by atoms with Gasteiger partial charge in [0, 0.05) is 31.6 Å². The van der Waals surface area contributed by atoms with Gasteiger partial charge in [0.05, 0.1) is 16.5 Å². The largest absolute Gasteiger partial charge is 0.338 e. The number of likely N-dealkylation sites (tertiary alicyclic amines) is 1. The van der Waals surface area contributed by atoms with E-state index in [2.05, 4.69) is 5.32 Å². The molecule has 0 aromatic heterocycles. The lowest BCUT2D eigenvalue weighted by Gasteiger charge is -2.17. The highest BCUT2D eigenvalue weighted by molar-refractivity contribution is 5.97. The van der Waals surface area contributed by atoms with Crippen molar-refractivity contribution < 1.29 is 14.5 Å². The van der Waals surface area contributed by atoms with Crippen LogP contribution in [-0.4, -0.2) is 28.2 Å². The first-order valence-corrected chi connectivity index (χ1v) is 8.31. The Kier molecular flexibility index (Phi) is 4.97. The molecular formula is C19H19N3O4. The SMILES string of the molecule is Cc1ccc([N+](=O)[O-])cc1NC(=O)[C@@H]1CC(=O)N(Cc2ccccc2)C1. The molecule has 7 nitrogen and oxygen atoms in total. The van der Waals surface area contributed by atoms with Crippen LogP contribution < -0.4 is 5.32 Å². The molecule has 2 aromatic carbocycles. The highest BCUT2D eigenvalue weighted by Crippen LogP contribution is 2.25. The molecule has 26 heavy (non-hydrogen) atoms. The number of benzene rings is 2. The van der Waals surface area contributed by atoms with Crippen LogP contribution in [0.5, 0.6) is 0 Å². The zero-order valence-corrected chi connectivity index (χ0v) is 14.3. The molecule has 1 atom stereocenters. The summed E-state index contributed by atoms with van der Waals surface area (Å²) in [5.74, 6) is -0.827. The average molecular weight is 353 g/mol. The number of carbonyl (C=O) groups excluding carboxylic acids is 2. The summed E-state index contributed by atoms with van der Waals surface area (Å²) >= 11 is 0. The number of hydrogen-bond donors (Lipinski definition) is 1. The molecule has 1 aliphatic heterocycles. The Bertz CT molecular complexity index is 851. The molecular weight excluding hydrogens is 334 g/mol. The third kappa shape index (κ3) is 3.88. The third-order valence-corrected chi connectivity index (χ3v) is 4.49. The van der Waals surface area contributed by atoms with E-state index in [-0.39, 0.29) is 23.9 Å². The van der Waals surface area contributed by atoms with E-state index >= 15 is 0 Å². The van der Waals surface area contributed by atoms with Crippen LogP contribution in [0, 0.1) is 23.0 Å². The molecule has 2 amide bonds. The quantitative estimate of drug-likeness (QED) is 0.661. The van der Waals surface area contributed by atoms with Gasteiger partial charge in [-0.3, -0.25) is 19.7 Å². The minimum atomic E-state index is -0.504. The summed E-state index contributed by atoms with van der Waals surface area (Å²) in [6.45, 7) is 2.58. The van der Waals surface area contributed by atoms with E-state index < -0.39 is 10.8 Å². The molecule has 134 valence electrons. The number of aryl methyl sites for hydroxylation is 1. The molecule has 0 saturated carbocycles. The van der Waals surface area contributed by atoms with Gasteiger partial charge in [-0.15, -0.1) is 0 Å². The molecule has 1 N–H and O–H groups in total. The molecule has 1 aliphatic rings. The van der Waals surface area contributed by atoms with Crippen LogP contribution in [0.4, 0.5) is 11.4 Å². The number of amides is 2. The zero-order valence-electron chi connectivity index (χ0n) is 14.3. The maximum Gasteiger partial charge on any atom is 0.271 e. The Hall–Kier alpha value is -3.22. The fraction of sp³-hybridized carbons (Fsp3) is 0.263. The second-order valence-electron chi connectivity index (χ2n) is 6.41. The van der Waals surface area contributed by atoms with E-state index in [0.29, 0.717) is 18.8 Å². The first-order valence-electron chi connectivity index (χ1n) is 8.31. The van der Waals surface area contributed by atoms with E-state index in [1.54, 1.807) is 17.9 Å². The van der Waals surface area contributed by atoms with Gasteiger partial charge in [-0.25, -0.2) is 0 Å². The maximum atomic E-state index is 12.5. The van der Waals surface area contributed by atoms with Crippen molar-refractivity contribution in [2.24, 2.45) is 5.92 Å². The first kappa shape index (κ1) is 17.6. The van der Waals surface area contributed by atoms with Crippen LogP contribution >= 0.6 is 0 Å². The maximum absolute atomic E-state index is 12.5. The van der Waals surface area contributed by atoms with Gasteiger partial charge < -0.3 is 10.2 Å². The third-order valence-electron chi connectivity index (χ3n) is 4.49. The molecule has 0 aliphatic carbocycles. The van der Waals surface area contributed by atoms with Crippen molar-refractivity contribution in [1.29, 1.82) is 0 Å². The van der Waals surface area contributed by atoms with E-state index in [1.165, 1.54) is 12.1 Å². The topological polar surface area (TPSA) is 92.5 Å². The first-order chi connectivity index (χ1) is 12.4.